The SMILES string of the molecule is Cc1nnc(S[C@@H]2C(=O)[C@@H]3CC[C@]2(C)C3(C)C)s1. The lowest BCUT2D eigenvalue weighted by atomic mass is 9.71. The maximum atomic E-state index is 12.5. The van der Waals surface area contributed by atoms with Crippen LogP contribution in [-0.4, -0.2) is 21.2 Å². The van der Waals surface area contributed by atoms with Crippen molar-refractivity contribution in [1.29, 1.82) is 0 Å². The van der Waals surface area contributed by atoms with Gasteiger partial charge >= 0.3 is 0 Å². The Kier molecular flexibility index (Phi) is 2.66. The van der Waals surface area contributed by atoms with Crippen molar-refractivity contribution < 1.29 is 4.79 Å². The van der Waals surface area contributed by atoms with Gasteiger partial charge in [0.25, 0.3) is 0 Å². The van der Waals surface area contributed by atoms with E-state index in [1.54, 1.807) is 23.1 Å². The molecule has 0 aromatic carbocycles. The van der Waals surface area contributed by atoms with Crippen molar-refractivity contribution in [3.8, 4) is 0 Å². The second-order valence-corrected chi connectivity index (χ2v) is 8.75. The topological polar surface area (TPSA) is 42.9 Å². The number of ketones is 1. The molecule has 0 spiro atoms. The molecule has 0 amide bonds. The van der Waals surface area contributed by atoms with Crippen molar-refractivity contribution in [3.05, 3.63) is 5.01 Å². The summed E-state index contributed by atoms with van der Waals surface area (Å²) in [5.41, 5.74) is 0.237. The molecule has 98 valence electrons. The third-order valence-electron chi connectivity index (χ3n) is 5.20. The van der Waals surface area contributed by atoms with Crippen LogP contribution in [0.25, 0.3) is 0 Å². The molecule has 1 aromatic rings. The molecule has 0 radical (unpaired) electrons. The molecule has 0 aliphatic heterocycles. The molecule has 2 fully saturated rings. The quantitative estimate of drug-likeness (QED) is 0.834. The number of thioether (sulfide) groups is 1. The maximum absolute atomic E-state index is 12.5. The molecule has 5 heteroatoms. The van der Waals surface area contributed by atoms with E-state index >= 15 is 0 Å². The van der Waals surface area contributed by atoms with E-state index in [9.17, 15) is 4.79 Å². The number of hydrogen-bond acceptors (Lipinski definition) is 5. The van der Waals surface area contributed by atoms with Crippen LogP contribution in [0.2, 0.25) is 0 Å². The van der Waals surface area contributed by atoms with Crippen LogP contribution in [0.3, 0.4) is 0 Å². The minimum absolute atomic E-state index is 0.0681. The van der Waals surface area contributed by atoms with E-state index in [1.807, 2.05) is 6.92 Å². The fraction of sp³-hybridized carbons (Fsp3) is 0.769. The molecule has 1 aromatic heterocycles. The van der Waals surface area contributed by atoms with Crippen molar-refractivity contribution >= 4 is 28.9 Å². The van der Waals surface area contributed by atoms with Gasteiger partial charge in [-0.2, -0.15) is 0 Å². The molecule has 3 nitrogen and oxygen atoms in total. The average Bonchev–Trinajstić information content (AvgIpc) is 2.82. The van der Waals surface area contributed by atoms with Crippen LogP contribution in [0.15, 0.2) is 4.34 Å². The van der Waals surface area contributed by atoms with Gasteiger partial charge in [-0.25, -0.2) is 0 Å². The number of nitrogens with zero attached hydrogens (tertiary/aromatic N) is 2. The third-order valence-corrected chi connectivity index (χ3v) is 7.65. The second-order valence-electron chi connectivity index (χ2n) is 6.22. The van der Waals surface area contributed by atoms with Gasteiger partial charge < -0.3 is 0 Å². The Balaban J connectivity index is 1.92. The zero-order chi connectivity index (χ0) is 13.1. The first-order chi connectivity index (χ1) is 8.36. The normalized spacial score (nSPS) is 37.4. The van der Waals surface area contributed by atoms with Gasteiger partial charge in [0, 0.05) is 5.92 Å². The summed E-state index contributed by atoms with van der Waals surface area (Å²) in [5.74, 6) is 0.681. The van der Waals surface area contributed by atoms with E-state index in [0.717, 1.165) is 22.2 Å². The Hall–Kier alpha value is -0.420. The molecule has 2 saturated carbocycles. The summed E-state index contributed by atoms with van der Waals surface area (Å²) in [6.45, 7) is 8.75. The molecule has 2 bridgehead atoms. The van der Waals surface area contributed by atoms with E-state index in [4.69, 9.17) is 0 Å². The maximum Gasteiger partial charge on any atom is 0.175 e. The summed E-state index contributed by atoms with van der Waals surface area (Å²) in [6, 6.07) is 0. The van der Waals surface area contributed by atoms with Gasteiger partial charge in [0.15, 0.2) is 4.34 Å². The number of aryl methyl sites for hydroxylation is 1. The second kappa shape index (κ2) is 3.79. The van der Waals surface area contributed by atoms with Gasteiger partial charge in [-0.15, -0.1) is 10.2 Å². The lowest BCUT2D eigenvalue weighted by Crippen LogP contribution is -2.35. The van der Waals surface area contributed by atoms with Crippen molar-refractivity contribution in [2.45, 2.75) is 50.1 Å². The Morgan fingerprint density at radius 3 is 2.56 bits per heavy atom. The monoisotopic (exact) mass is 282 g/mol. The van der Waals surface area contributed by atoms with Crippen LogP contribution in [0.4, 0.5) is 0 Å². The van der Waals surface area contributed by atoms with Gasteiger partial charge in [0.2, 0.25) is 0 Å². The standard InChI is InChI=1S/C13H18N2OS2/c1-7-14-15-11(17-7)18-10-9(16)8-5-6-13(10,4)12(8,2)3/h8,10H,5-6H2,1-4H3/t8-,10+,13-/m0/s1. The Morgan fingerprint density at radius 1 is 1.33 bits per heavy atom. The lowest BCUT2D eigenvalue weighted by molar-refractivity contribution is -0.122. The predicted octanol–water partition coefficient (Wildman–Crippen LogP) is 3.33. The number of fused-ring (bicyclic) bond motifs is 2. The fourth-order valence-corrected chi connectivity index (χ4v) is 6.11. The molecule has 18 heavy (non-hydrogen) atoms. The smallest absolute Gasteiger partial charge is 0.175 e. The van der Waals surface area contributed by atoms with E-state index in [-0.39, 0.29) is 22.0 Å². The number of carbonyl (C=O) groups is 1. The minimum atomic E-state index is 0.0681. The van der Waals surface area contributed by atoms with Crippen LogP contribution in [0, 0.1) is 23.7 Å². The molecule has 0 unspecified atom stereocenters. The first kappa shape index (κ1) is 12.6. The van der Waals surface area contributed by atoms with Crippen LogP contribution in [-0.2, 0) is 4.79 Å². The summed E-state index contributed by atoms with van der Waals surface area (Å²) in [4.78, 5) is 12.5. The van der Waals surface area contributed by atoms with Gasteiger partial charge in [-0.3, -0.25) is 4.79 Å². The molecule has 2 aliphatic carbocycles. The van der Waals surface area contributed by atoms with Crippen molar-refractivity contribution in [2.24, 2.45) is 16.7 Å². The highest BCUT2D eigenvalue weighted by molar-refractivity contribution is 8.02. The average molecular weight is 282 g/mol. The molecular weight excluding hydrogens is 264 g/mol. The summed E-state index contributed by atoms with van der Waals surface area (Å²) in [7, 11) is 0. The summed E-state index contributed by atoms with van der Waals surface area (Å²) in [6.07, 6.45) is 2.22. The first-order valence-corrected chi connectivity index (χ1v) is 8.06. The summed E-state index contributed by atoms with van der Waals surface area (Å²) in [5, 5.41) is 9.23. The van der Waals surface area contributed by atoms with Crippen LogP contribution in [0.1, 0.15) is 38.6 Å². The highest BCUT2D eigenvalue weighted by atomic mass is 32.2. The van der Waals surface area contributed by atoms with Crippen LogP contribution >= 0.6 is 23.1 Å². The van der Waals surface area contributed by atoms with E-state index in [0.29, 0.717) is 5.78 Å². The Morgan fingerprint density at radius 2 is 2.06 bits per heavy atom. The highest BCUT2D eigenvalue weighted by Crippen LogP contribution is 2.67. The molecule has 3 atom stereocenters. The first-order valence-electron chi connectivity index (χ1n) is 6.37. The van der Waals surface area contributed by atoms with Crippen LogP contribution in [0.5, 0.6) is 0 Å². The number of rotatable bonds is 2. The minimum Gasteiger partial charge on any atom is -0.298 e. The van der Waals surface area contributed by atoms with Crippen LogP contribution < -0.4 is 0 Å². The predicted molar refractivity (Wildman–Crippen MR) is 73.9 cm³/mol. The highest BCUT2D eigenvalue weighted by Gasteiger charge is 2.66. The molecule has 0 saturated heterocycles. The van der Waals surface area contributed by atoms with Crippen molar-refractivity contribution in [3.63, 3.8) is 0 Å². The Labute approximate surface area is 116 Å². The van der Waals surface area contributed by atoms with Gasteiger partial charge in [0.05, 0.1) is 5.25 Å². The summed E-state index contributed by atoms with van der Waals surface area (Å²) >= 11 is 3.23. The molecule has 1 heterocycles. The zero-order valence-corrected chi connectivity index (χ0v) is 12.8. The van der Waals surface area contributed by atoms with Crippen molar-refractivity contribution in [1.82, 2.24) is 10.2 Å². The van der Waals surface area contributed by atoms with Gasteiger partial charge in [-0.05, 0) is 30.6 Å². The molecule has 2 aliphatic rings. The number of aromatic nitrogens is 2. The van der Waals surface area contributed by atoms with E-state index < -0.39 is 0 Å². The fourth-order valence-electron chi connectivity index (χ4n) is 3.60. The van der Waals surface area contributed by atoms with Gasteiger partial charge in [0.1, 0.15) is 10.8 Å². The zero-order valence-electron chi connectivity index (χ0n) is 11.2. The third kappa shape index (κ3) is 1.46. The summed E-state index contributed by atoms with van der Waals surface area (Å²) < 4.78 is 0.940. The van der Waals surface area contributed by atoms with Gasteiger partial charge in [-0.1, -0.05) is 43.9 Å². The molecule has 0 N–H and O–H groups in total. The Bertz CT molecular complexity index is 511. The largest absolute Gasteiger partial charge is 0.298 e. The molecular formula is C13H18N2OS2. The number of carbonyl (C=O) groups excluding carboxylic acids is 1. The van der Waals surface area contributed by atoms with E-state index in [2.05, 4.69) is 31.0 Å². The number of Topliss-reactive ketones (excluding diaryl/α,β-unsaturated/α-hetero) is 1. The lowest BCUT2D eigenvalue weighted by Gasteiger charge is -2.37. The number of hydrogen-bond donors (Lipinski definition) is 0. The van der Waals surface area contributed by atoms with E-state index in [1.165, 1.54) is 0 Å². The molecule has 3 rings (SSSR count). The van der Waals surface area contributed by atoms with Crippen molar-refractivity contribution in [2.75, 3.05) is 0 Å².